The molecule has 0 spiro atoms. The standard InChI is InChI=1S/C10H12N2O/c1-13-7-6-12-10-5-3-2-4-9(10)8-11/h2-5,12H,6-7H2,1H3. The third kappa shape index (κ3) is 2.77. The highest BCUT2D eigenvalue weighted by atomic mass is 16.5. The molecule has 1 aromatic carbocycles. The molecule has 0 atom stereocenters. The Kier molecular flexibility index (Phi) is 3.80. The van der Waals surface area contributed by atoms with Gasteiger partial charge in [-0.3, -0.25) is 0 Å². The summed E-state index contributed by atoms with van der Waals surface area (Å²) >= 11 is 0. The number of nitrogens with one attached hydrogen (secondary N) is 1. The number of ether oxygens (including phenoxy) is 1. The highest BCUT2D eigenvalue weighted by molar-refractivity contribution is 5.56. The molecular formula is C10H12N2O. The zero-order chi connectivity index (χ0) is 9.52. The molecule has 0 amide bonds. The predicted molar refractivity (Wildman–Crippen MR) is 51.5 cm³/mol. The molecule has 1 N–H and O–H groups in total. The fraction of sp³-hybridized carbons (Fsp3) is 0.300. The lowest BCUT2D eigenvalue weighted by molar-refractivity contribution is 0.211. The molecule has 0 radical (unpaired) electrons. The van der Waals surface area contributed by atoms with Crippen LogP contribution >= 0.6 is 0 Å². The highest BCUT2D eigenvalue weighted by Crippen LogP contribution is 2.12. The second kappa shape index (κ2) is 5.18. The quantitative estimate of drug-likeness (QED) is 0.709. The van der Waals surface area contributed by atoms with Gasteiger partial charge in [-0.25, -0.2) is 0 Å². The average molecular weight is 176 g/mol. The van der Waals surface area contributed by atoms with Crippen LogP contribution in [0.1, 0.15) is 5.56 Å². The Bertz CT molecular complexity index is 304. The molecule has 0 aromatic heterocycles. The fourth-order valence-corrected chi connectivity index (χ4v) is 1.02. The van der Waals surface area contributed by atoms with Crippen LogP contribution in [-0.4, -0.2) is 20.3 Å². The SMILES string of the molecule is COCCNc1ccccc1C#N. The maximum absolute atomic E-state index is 8.75. The van der Waals surface area contributed by atoms with Crippen molar-refractivity contribution < 1.29 is 4.74 Å². The van der Waals surface area contributed by atoms with Gasteiger partial charge < -0.3 is 10.1 Å². The van der Waals surface area contributed by atoms with Gasteiger partial charge in [0.2, 0.25) is 0 Å². The minimum absolute atomic E-state index is 0.639. The van der Waals surface area contributed by atoms with Crippen molar-refractivity contribution >= 4 is 5.69 Å². The first-order chi connectivity index (χ1) is 6.38. The third-order valence-electron chi connectivity index (χ3n) is 1.67. The van der Waals surface area contributed by atoms with E-state index in [-0.39, 0.29) is 0 Å². The van der Waals surface area contributed by atoms with Crippen LogP contribution in [0, 0.1) is 11.3 Å². The molecule has 0 aliphatic heterocycles. The first kappa shape index (κ1) is 9.56. The van der Waals surface area contributed by atoms with Crippen LogP contribution in [-0.2, 0) is 4.74 Å². The number of anilines is 1. The summed E-state index contributed by atoms with van der Waals surface area (Å²) in [4.78, 5) is 0. The molecular weight excluding hydrogens is 164 g/mol. The van der Waals surface area contributed by atoms with Crippen LogP contribution in [0.15, 0.2) is 24.3 Å². The molecule has 3 heteroatoms. The Hall–Kier alpha value is -1.53. The number of nitriles is 1. The average Bonchev–Trinajstić information content (AvgIpc) is 2.19. The fourth-order valence-electron chi connectivity index (χ4n) is 1.02. The van der Waals surface area contributed by atoms with E-state index in [1.807, 2.05) is 18.2 Å². The zero-order valence-corrected chi connectivity index (χ0v) is 7.58. The summed E-state index contributed by atoms with van der Waals surface area (Å²) in [6, 6.07) is 9.54. The molecule has 1 aromatic rings. The van der Waals surface area contributed by atoms with Gasteiger partial charge in [0.15, 0.2) is 0 Å². The maximum Gasteiger partial charge on any atom is 0.101 e. The summed E-state index contributed by atoms with van der Waals surface area (Å²) in [6.07, 6.45) is 0. The van der Waals surface area contributed by atoms with Gasteiger partial charge in [0.05, 0.1) is 17.9 Å². The topological polar surface area (TPSA) is 45.0 Å². The lowest BCUT2D eigenvalue weighted by Crippen LogP contribution is -2.08. The Morgan fingerprint density at radius 1 is 1.46 bits per heavy atom. The molecule has 0 saturated carbocycles. The smallest absolute Gasteiger partial charge is 0.101 e. The van der Waals surface area contributed by atoms with Crippen LogP contribution in [0.4, 0.5) is 5.69 Å². The van der Waals surface area contributed by atoms with E-state index in [2.05, 4.69) is 11.4 Å². The normalized spacial score (nSPS) is 9.23. The summed E-state index contributed by atoms with van der Waals surface area (Å²) < 4.78 is 4.89. The summed E-state index contributed by atoms with van der Waals surface area (Å²) in [5.74, 6) is 0. The lowest BCUT2D eigenvalue weighted by atomic mass is 10.2. The molecule has 0 fully saturated rings. The van der Waals surface area contributed by atoms with E-state index in [4.69, 9.17) is 10.00 Å². The van der Waals surface area contributed by atoms with E-state index in [0.29, 0.717) is 12.2 Å². The summed E-state index contributed by atoms with van der Waals surface area (Å²) in [7, 11) is 1.65. The van der Waals surface area contributed by atoms with Crippen molar-refractivity contribution in [1.82, 2.24) is 0 Å². The number of nitrogens with zero attached hydrogens (tertiary/aromatic N) is 1. The van der Waals surface area contributed by atoms with Crippen LogP contribution in [0.25, 0.3) is 0 Å². The number of hydrogen-bond donors (Lipinski definition) is 1. The number of benzene rings is 1. The van der Waals surface area contributed by atoms with Gasteiger partial charge in [-0.2, -0.15) is 5.26 Å². The third-order valence-corrected chi connectivity index (χ3v) is 1.67. The Labute approximate surface area is 77.9 Å². The van der Waals surface area contributed by atoms with Crippen LogP contribution < -0.4 is 5.32 Å². The van der Waals surface area contributed by atoms with Gasteiger partial charge in [0.25, 0.3) is 0 Å². The van der Waals surface area contributed by atoms with Gasteiger partial charge in [-0.15, -0.1) is 0 Å². The van der Waals surface area contributed by atoms with Crippen molar-refractivity contribution in [3.05, 3.63) is 29.8 Å². The first-order valence-electron chi connectivity index (χ1n) is 4.10. The second-order valence-electron chi connectivity index (χ2n) is 2.58. The van der Waals surface area contributed by atoms with Gasteiger partial charge in [-0.1, -0.05) is 12.1 Å². The molecule has 0 heterocycles. The van der Waals surface area contributed by atoms with E-state index in [0.717, 1.165) is 12.2 Å². The van der Waals surface area contributed by atoms with Gasteiger partial charge in [-0.05, 0) is 12.1 Å². The Morgan fingerprint density at radius 3 is 2.92 bits per heavy atom. The van der Waals surface area contributed by atoms with Crippen LogP contribution in [0.5, 0.6) is 0 Å². The second-order valence-corrected chi connectivity index (χ2v) is 2.58. The molecule has 0 aliphatic rings. The van der Waals surface area contributed by atoms with Crippen LogP contribution in [0.3, 0.4) is 0 Å². The largest absolute Gasteiger partial charge is 0.383 e. The van der Waals surface area contributed by atoms with Gasteiger partial charge in [0.1, 0.15) is 6.07 Å². The number of para-hydroxylation sites is 1. The van der Waals surface area contributed by atoms with Crippen molar-refractivity contribution in [3.63, 3.8) is 0 Å². The van der Waals surface area contributed by atoms with Crippen molar-refractivity contribution in [2.75, 3.05) is 25.6 Å². The molecule has 0 unspecified atom stereocenters. The van der Waals surface area contributed by atoms with Gasteiger partial charge >= 0.3 is 0 Å². The van der Waals surface area contributed by atoms with Gasteiger partial charge in [0, 0.05) is 13.7 Å². The summed E-state index contributed by atoms with van der Waals surface area (Å²) in [6.45, 7) is 1.36. The molecule has 3 nitrogen and oxygen atoms in total. The monoisotopic (exact) mass is 176 g/mol. The minimum atomic E-state index is 0.639. The lowest BCUT2D eigenvalue weighted by Gasteiger charge is -2.06. The van der Waals surface area contributed by atoms with E-state index in [9.17, 15) is 0 Å². The zero-order valence-electron chi connectivity index (χ0n) is 7.58. The van der Waals surface area contributed by atoms with E-state index >= 15 is 0 Å². The summed E-state index contributed by atoms with van der Waals surface area (Å²) in [5.41, 5.74) is 1.53. The predicted octanol–water partition coefficient (Wildman–Crippen LogP) is 1.62. The molecule has 0 saturated heterocycles. The van der Waals surface area contributed by atoms with Crippen LogP contribution in [0.2, 0.25) is 0 Å². The molecule has 0 aliphatic carbocycles. The Balaban J connectivity index is 2.60. The Morgan fingerprint density at radius 2 is 2.23 bits per heavy atom. The van der Waals surface area contributed by atoms with Crippen molar-refractivity contribution in [1.29, 1.82) is 5.26 Å². The number of rotatable bonds is 4. The molecule has 0 bridgehead atoms. The van der Waals surface area contributed by atoms with Crippen molar-refractivity contribution in [2.45, 2.75) is 0 Å². The number of hydrogen-bond acceptors (Lipinski definition) is 3. The number of methoxy groups -OCH3 is 1. The minimum Gasteiger partial charge on any atom is -0.383 e. The molecule has 1 rings (SSSR count). The molecule has 68 valence electrons. The van der Waals surface area contributed by atoms with Crippen molar-refractivity contribution in [2.24, 2.45) is 0 Å². The first-order valence-corrected chi connectivity index (χ1v) is 4.10. The van der Waals surface area contributed by atoms with E-state index < -0.39 is 0 Å². The highest BCUT2D eigenvalue weighted by Gasteiger charge is 1.97. The maximum atomic E-state index is 8.75. The van der Waals surface area contributed by atoms with E-state index in [1.54, 1.807) is 13.2 Å². The summed E-state index contributed by atoms with van der Waals surface area (Å²) in [5, 5.41) is 11.9. The van der Waals surface area contributed by atoms with E-state index in [1.165, 1.54) is 0 Å². The molecule has 13 heavy (non-hydrogen) atoms. The van der Waals surface area contributed by atoms with Crippen molar-refractivity contribution in [3.8, 4) is 6.07 Å².